The first-order valence-corrected chi connectivity index (χ1v) is 6.06. The van der Waals surface area contributed by atoms with Crippen molar-refractivity contribution in [3.63, 3.8) is 0 Å². The van der Waals surface area contributed by atoms with E-state index in [1.54, 1.807) is 13.8 Å². The van der Waals surface area contributed by atoms with E-state index in [-0.39, 0.29) is 25.7 Å². The topological polar surface area (TPSA) is 57.5 Å². The van der Waals surface area contributed by atoms with Gasteiger partial charge < -0.3 is 10.2 Å². The summed E-state index contributed by atoms with van der Waals surface area (Å²) in [6.45, 7) is 3.37. The van der Waals surface area contributed by atoms with Gasteiger partial charge in [0.1, 0.15) is 0 Å². The molecule has 1 aliphatic carbocycles. The molecular formula is C12H20F2O3. The van der Waals surface area contributed by atoms with Gasteiger partial charge >= 0.3 is 5.97 Å². The number of hydrogen-bond donors (Lipinski definition) is 2. The molecule has 0 aliphatic heterocycles. The van der Waals surface area contributed by atoms with Crippen LogP contribution >= 0.6 is 0 Å². The quantitative estimate of drug-likeness (QED) is 0.806. The lowest BCUT2D eigenvalue weighted by molar-refractivity contribution is -0.190. The minimum absolute atomic E-state index is 0.145. The van der Waals surface area contributed by atoms with Gasteiger partial charge in [0.2, 0.25) is 5.92 Å². The molecule has 1 rings (SSSR count). The second-order valence-electron chi connectivity index (χ2n) is 4.98. The molecule has 0 heterocycles. The molecule has 0 aromatic carbocycles. The number of carboxylic acids is 1. The molecule has 3 nitrogen and oxygen atoms in total. The van der Waals surface area contributed by atoms with Crippen LogP contribution in [0.25, 0.3) is 0 Å². The molecule has 0 bridgehead atoms. The van der Waals surface area contributed by atoms with Crippen LogP contribution in [-0.2, 0) is 4.79 Å². The molecule has 0 saturated heterocycles. The fourth-order valence-corrected chi connectivity index (χ4v) is 2.92. The third-order valence-electron chi connectivity index (χ3n) is 4.32. The first kappa shape index (κ1) is 14.4. The van der Waals surface area contributed by atoms with E-state index in [2.05, 4.69) is 0 Å². The van der Waals surface area contributed by atoms with Crippen LogP contribution in [0.15, 0.2) is 0 Å². The minimum Gasteiger partial charge on any atom is -0.481 e. The molecule has 1 saturated carbocycles. The summed E-state index contributed by atoms with van der Waals surface area (Å²) in [6.07, 6.45) is -0.652. The van der Waals surface area contributed by atoms with Gasteiger partial charge in [-0.3, -0.25) is 4.79 Å². The molecule has 0 amide bonds. The lowest BCUT2D eigenvalue weighted by Crippen LogP contribution is -2.55. The van der Waals surface area contributed by atoms with Crippen LogP contribution in [0.1, 0.15) is 52.4 Å². The van der Waals surface area contributed by atoms with Gasteiger partial charge in [0.05, 0.1) is 11.0 Å². The van der Waals surface area contributed by atoms with Crippen LogP contribution in [0.4, 0.5) is 8.78 Å². The summed E-state index contributed by atoms with van der Waals surface area (Å²) in [5, 5.41) is 19.8. The Labute approximate surface area is 99.8 Å². The molecule has 0 unspecified atom stereocenters. The van der Waals surface area contributed by atoms with Crippen molar-refractivity contribution in [2.45, 2.75) is 63.9 Å². The van der Waals surface area contributed by atoms with Crippen molar-refractivity contribution >= 4 is 5.97 Å². The maximum atomic E-state index is 13.1. The van der Waals surface area contributed by atoms with Crippen molar-refractivity contribution in [2.24, 2.45) is 5.41 Å². The third-order valence-corrected chi connectivity index (χ3v) is 4.32. The molecule has 17 heavy (non-hydrogen) atoms. The zero-order chi connectivity index (χ0) is 13.3. The first-order valence-electron chi connectivity index (χ1n) is 6.06. The molecule has 5 heteroatoms. The van der Waals surface area contributed by atoms with Gasteiger partial charge in [0.25, 0.3) is 0 Å². The number of halogens is 2. The maximum Gasteiger partial charge on any atom is 0.312 e. The van der Waals surface area contributed by atoms with Crippen molar-refractivity contribution in [3.8, 4) is 0 Å². The average molecular weight is 250 g/mol. The van der Waals surface area contributed by atoms with Gasteiger partial charge in [-0.15, -0.1) is 0 Å². The Balaban J connectivity index is 3.00. The number of carboxylic acid groups (broad SMARTS) is 1. The van der Waals surface area contributed by atoms with E-state index in [0.29, 0.717) is 0 Å². The van der Waals surface area contributed by atoms with Crippen LogP contribution in [0.2, 0.25) is 0 Å². The number of aliphatic carboxylic acids is 1. The standard InChI is InChI=1S/C12H20F2O3/c1-3-10(4-2,9(15)16)11(17)5-7-12(13,14)8-6-11/h17H,3-8H2,1-2H3,(H,15,16). The largest absolute Gasteiger partial charge is 0.481 e. The van der Waals surface area contributed by atoms with Crippen molar-refractivity contribution < 1.29 is 23.8 Å². The smallest absolute Gasteiger partial charge is 0.312 e. The Morgan fingerprint density at radius 2 is 1.59 bits per heavy atom. The predicted molar refractivity (Wildman–Crippen MR) is 59.0 cm³/mol. The zero-order valence-electron chi connectivity index (χ0n) is 10.3. The van der Waals surface area contributed by atoms with Gasteiger partial charge in [0.15, 0.2) is 0 Å². The lowest BCUT2D eigenvalue weighted by Gasteiger charge is -2.47. The fraction of sp³-hybridized carbons (Fsp3) is 0.917. The van der Waals surface area contributed by atoms with E-state index >= 15 is 0 Å². The highest BCUT2D eigenvalue weighted by atomic mass is 19.3. The molecule has 0 aromatic rings. The Kier molecular flexibility index (Phi) is 3.81. The van der Waals surface area contributed by atoms with Gasteiger partial charge in [0, 0.05) is 12.8 Å². The van der Waals surface area contributed by atoms with E-state index in [4.69, 9.17) is 0 Å². The van der Waals surface area contributed by atoms with Gasteiger partial charge in [-0.2, -0.15) is 0 Å². The lowest BCUT2D eigenvalue weighted by atomic mass is 9.61. The van der Waals surface area contributed by atoms with Gasteiger partial charge in [-0.25, -0.2) is 8.78 Å². The van der Waals surface area contributed by atoms with Crippen LogP contribution < -0.4 is 0 Å². The van der Waals surface area contributed by atoms with Crippen LogP contribution in [0.5, 0.6) is 0 Å². The third kappa shape index (κ3) is 2.30. The van der Waals surface area contributed by atoms with Crippen molar-refractivity contribution in [3.05, 3.63) is 0 Å². The van der Waals surface area contributed by atoms with Gasteiger partial charge in [-0.1, -0.05) is 13.8 Å². The number of alkyl halides is 2. The Hall–Kier alpha value is -0.710. The van der Waals surface area contributed by atoms with E-state index in [1.165, 1.54) is 0 Å². The monoisotopic (exact) mass is 250 g/mol. The molecule has 1 fully saturated rings. The minimum atomic E-state index is -2.77. The van der Waals surface area contributed by atoms with E-state index in [9.17, 15) is 23.8 Å². The highest BCUT2D eigenvalue weighted by Crippen LogP contribution is 2.50. The Morgan fingerprint density at radius 1 is 1.18 bits per heavy atom. The van der Waals surface area contributed by atoms with Crippen molar-refractivity contribution in [1.82, 2.24) is 0 Å². The highest BCUT2D eigenvalue weighted by Gasteiger charge is 2.57. The van der Waals surface area contributed by atoms with Crippen molar-refractivity contribution in [1.29, 1.82) is 0 Å². The highest BCUT2D eigenvalue weighted by molar-refractivity contribution is 5.76. The van der Waals surface area contributed by atoms with Crippen molar-refractivity contribution in [2.75, 3.05) is 0 Å². The summed E-state index contributed by atoms with van der Waals surface area (Å²) in [5.41, 5.74) is -2.81. The SMILES string of the molecule is CCC(CC)(C(=O)O)C1(O)CCC(F)(F)CC1. The zero-order valence-corrected chi connectivity index (χ0v) is 10.3. The summed E-state index contributed by atoms with van der Waals surface area (Å²) >= 11 is 0. The molecule has 100 valence electrons. The van der Waals surface area contributed by atoms with E-state index in [0.717, 1.165) is 0 Å². The first-order chi connectivity index (χ1) is 7.73. The average Bonchev–Trinajstić information content (AvgIpc) is 2.25. The van der Waals surface area contributed by atoms with E-state index in [1.807, 2.05) is 0 Å². The molecule has 0 spiro atoms. The Morgan fingerprint density at radius 3 is 1.88 bits per heavy atom. The molecule has 0 radical (unpaired) electrons. The van der Waals surface area contributed by atoms with Crippen LogP contribution in [-0.4, -0.2) is 27.7 Å². The summed E-state index contributed by atoms with van der Waals surface area (Å²) in [5.74, 6) is -3.85. The number of hydrogen-bond acceptors (Lipinski definition) is 2. The molecule has 0 aromatic heterocycles. The van der Waals surface area contributed by atoms with Crippen LogP contribution in [0, 0.1) is 5.41 Å². The second-order valence-corrected chi connectivity index (χ2v) is 4.98. The number of carbonyl (C=O) groups is 1. The maximum absolute atomic E-state index is 13.1. The summed E-state index contributed by atoms with van der Waals surface area (Å²) in [4.78, 5) is 11.4. The summed E-state index contributed by atoms with van der Waals surface area (Å²) in [6, 6.07) is 0. The summed E-state index contributed by atoms with van der Waals surface area (Å²) < 4.78 is 26.2. The number of rotatable bonds is 4. The normalized spacial score (nSPS) is 23.4. The van der Waals surface area contributed by atoms with Crippen LogP contribution in [0.3, 0.4) is 0 Å². The predicted octanol–water partition coefficient (Wildman–Crippen LogP) is 2.82. The second kappa shape index (κ2) is 4.52. The Bertz CT molecular complexity index is 288. The molecule has 1 aliphatic rings. The fourth-order valence-electron chi connectivity index (χ4n) is 2.92. The molecular weight excluding hydrogens is 230 g/mol. The van der Waals surface area contributed by atoms with Gasteiger partial charge in [-0.05, 0) is 25.7 Å². The number of aliphatic hydroxyl groups is 1. The molecule has 0 atom stereocenters. The summed E-state index contributed by atoms with van der Waals surface area (Å²) in [7, 11) is 0. The van der Waals surface area contributed by atoms with E-state index < -0.39 is 35.7 Å². The molecule has 2 N–H and O–H groups in total.